The van der Waals surface area contributed by atoms with Gasteiger partial charge in [-0.05, 0) is 43.2 Å². The number of hydrogen-bond acceptors (Lipinski definition) is 5. The second-order valence-electron chi connectivity index (χ2n) is 6.20. The van der Waals surface area contributed by atoms with Crippen LogP contribution < -0.4 is 10.5 Å². The molecule has 2 rings (SSSR count). The number of methoxy groups -OCH3 is 1. The molecule has 7 heteroatoms. The van der Waals surface area contributed by atoms with E-state index in [0.29, 0.717) is 17.9 Å². The van der Waals surface area contributed by atoms with Crippen molar-refractivity contribution >= 4 is 11.4 Å². The molecular weight excluding hydrogens is 322 g/mol. The van der Waals surface area contributed by atoms with E-state index in [1.165, 1.54) is 10.6 Å². The number of nitro groups is 1. The van der Waals surface area contributed by atoms with Crippen LogP contribution in [-0.4, -0.2) is 36.3 Å². The summed E-state index contributed by atoms with van der Waals surface area (Å²) in [5.74, 6) is 0. The third-order valence-electron chi connectivity index (χ3n) is 4.32. The molecule has 1 aromatic heterocycles. The molecule has 0 radical (unpaired) electrons. The van der Waals surface area contributed by atoms with Gasteiger partial charge in [-0.2, -0.15) is 0 Å². The second-order valence-corrected chi connectivity index (χ2v) is 6.20. The monoisotopic (exact) mass is 345 g/mol. The summed E-state index contributed by atoms with van der Waals surface area (Å²) < 4.78 is 6.67. The summed E-state index contributed by atoms with van der Waals surface area (Å²) in [7, 11) is 5.10. The minimum atomic E-state index is -0.388. The van der Waals surface area contributed by atoms with Crippen molar-refractivity contribution in [1.29, 1.82) is 0 Å². The summed E-state index contributed by atoms with van der Waals surface area (Å²) in [5, 5.41) is 11.4. The largest absolute Gasteiger partial charge is 0.383 e. The number of pyridine rings is 1. The van der Waals surface area contributed by atoms with E-state index in [1.54, 1.807) is 45.5 Å². The Kier molecular flexibility index (Phi) is 5.58. The van der Waals surface area contributed by atoms with E-state index in [-0.39, 0.29) is 22.2 Å². The number of likely N-dealkylation sites (N-methyl/N-ethyl adjacent to an activating group) is 1. The first kappa shape index (κ1) is 18.7. The molecule has 0 aliphatic heterocycles. The number of ether oxygens (including phenoxy) is 1. The third kappa shape index (κ3) is 3.88. The SMILES string of the molecule is COC[C@@H](C)N(C)c1cc(-c2cc(C)c(=O)n(C)c2)ccc1[N+](=O)[O-]. The number of benzene rings is 1. The van der Waals surface area contributed by atoms with Crippen molar-refractivity contribution in [3.63, 3.8) is 0 Å². The lowest BCUT2D eigenvalue weighted by atomic mass is 10.0. The maximum Gasteiger partial charge on any atom is 0.292 e. The van der Waals surface area contributed by atoms with Crippen LogP contribution in [0.4, 0.5) is 11.4 Å². The molecule has 25 heavy (non-hydrogen) atoms. The Labute approximate surface area is 146 Å². The minimum Gasteiger partial charge on any atom is -0.383 e. The van der Waals surface area contributed by atoms with Gasteiger partial charge in [-0.15, -0.1) is 0 Å². The average molecular weight is 345 g/mol. The predicted molar refractivity (Wildman–Crippen MR) is 98.3 cm³/mol. The highest BCUT2D eigenvalue weighted by Crippen LogP contribution is 2.33. The molecule has 0 fully saturated rings. The van der Waals surface area contributed by atoms with Crippen LogP contribution in [-0.2, 0) is 11.8 Å². The molecule has 1 heterocycles. The average Bonchev–Trinajstić information content (AvgIpc) is 2.58. The lowest BCUT2D eigenvalue weighted by Crippen LogP contribution is -2.33. The molecule has 0 amide bonds. The Balaban J connectivity index is 2.57. The molecule has 1 aromatic carbocycles. The van der Waals surface area contributed by atoms with Crippen LogP contribution in [0.5, 0.6) is 0 Å². The van der Waals surface area contributed by atoms with Crippen molar-refractivity contribution in [3.05, 3.63) is 56.5 Å². The lowest BCUT2D eigenvalue weighted by molar-refractivity contribution is -0.384. The smallest absolute Gasteiger partial charge is 0.292 e. The van der Waals surface area contributed by atoms with Crippen molar-refractivity contribution < 1.29 is 9.66 Å². The van der Waals surface area contributed by atoms with Crippen LogP contribution in [0.3, 0.4) is 0 Å². The molecular formula is C18H23N3O4. The number of aryl methyl sites for hydroxylation is 2. The zero-order valence-electron chi connectivity index (χ0n) is 15.1. The van der Waals surface area contributed by atoms with Crippen LogP contribution in [0.2, 0.25) is 0 Å². The van der Waals surface area contributed by atoms with Crippen LogP contribution in [0.1, 0.15) is 12.5 Å². The lowest BCUT2D eigenvalue weighted by Gasteiger charge is -2.26. The van der Waals surface area contributed by atoms with Crippen LogP contribution in [0, 0.1) is 17.0 Å². The molecule has 1 atom stereocenters. The first-order chi connectivity index (χ1) is 11.8. The molecule has 0 spiro atoms. The van der Waals surface area contributed by atoms with Gasteiger partial charge in [0.15, 0.2) is 0 Å². The van der Waals surface area contributed by atoms with Gasteiger partial charge in [-0.1, -0.05) is 0 Å². The topological polar surface area (TPSA) is 77.6 Å². The van der Waals surface area contributed by atoms with Gasteiger partial charge in [-0.25, -0.2) is 0 Å². The zero-order chi connectivity index (χ0) is 18.7. The number of aromatic nitrogens is 1. The predicted octanol–water partition coefficient (Wildman–Crippen LogP) is 2.74. The molecule has 0 saturated carbocycles. The van der Waals surface area contributed by atoms with Crippen LogP contribution >= 0.6 is 0 Å². The normalized spacial score (nSPS) is 12.0. The molecule has 0 unspecified atom stereocenters. The van der Waals surface area contributed by atoms with Gasteiger partial charge in [0.1, 0.15) is 5.69 Å². The van der Waals surface area contributed by atoms with Crippen LogP contribution in [0.15, 0.2) is 35.3 Å². The highest BCUT2D eigenvalue weighted by molar-refractivity contribution is 5.74. The number of hydrogen-bond donors (Lipinski definition) is 0. The van der Waals surface area contributed by atoms with E-state index in [1.807, 2.05) is 18.9 Å². The summed E-state index contributed by atoms with van der Waals surface area (Å²) in [5.41, 5.74) is 2.77. The Morgan fingerprint density at radius 3 is 2.56 bits per heavy atom. The minimum absolute atomic E-state index is 0.0270. The highest BCUT2D eigenvalue weighted by Gasteiger charge is 2.21. The first-order valence-corrected chi connectivity index (χ1v) is 7.94. The van der Waals surface area contributed by atoms with Crippen LogP contribution in [0.25, 0.3) is 11.1 Å². The number of rotatable bonds is 6. The van der Waals surface area contributed by atoms with E-state index in [4.69, 9.17) is 4.74 Å². The van der Waals surface area contributed by atoms with E-state index in [0.717, 1.165) is 11.1 Å². The maximum absolute atomic E-state index is 11.9. The summed E-state index contributed by atoms with van der Waals surface area (Å²) in [4.78, 5) is 24.7. The van der Waals surface area contributed by atoms with Gasteiger partial charge in [0, 0.05) is 45.1 Å². The Morgan fingerprint density at radius 2 is 2.00 bits per heavy atom. The Hall–Kier alpha value is -2.67. The van der Waals surface area contributed by atoms with Gasteiger partial charge in [0.05, 0.1) is 11.5 Å². The fraction of sp³-hybridized carbons (Fsp3) is 0.389. The van der Waals surface area contributed by atoms with Crippen molar-refractivity contribution in [2.45, 2.75) is 19.9 Å². The Bertz CT molecular complexity index is 818. The van der Waals surface area contributed by atoms with E-state index < -0.39 is 0 Å². The summed E-state index contributed by atoms with van der Waals surface area (Å²) in [6.45, 7) is 4.15. The fourth-order valence-electron chi connectivity index (χ4n) is 2.77. The van der Waals surface area contributed by atoms with E-state index in [9.17, 15) is 14.9 Å². The van der Waals surface area contributed by atoms with Gasteiger partial charge in [-0.3, -0.25) is 14.9 Å². The molecule has 7 nitrogen and oxygen atoms in total. The summed E-state index contributed by atoms with van der Waals surface area (Å²) >= 11 is 0. The second kappa shape index (κ2) is 7.48. The standard InChI is InChI=1S/C18H23N3O4/c1-12-8-15(10-19(3)18(12)22)14-6-7-16(21(23)24)17(9-14)20(4)13(2)11-25-5/h6-10,13H,11H2,1-5H3/t13-/m1/s1. The van der Waals surface area contributed by atoms with Gasteiger partial charge < -0.3 is 14.2 Å². The molecule has 0 N–H and O–H groups in total. The van der Waals surface area contributed by atoms with Crippen molar-refractivity contribution in [1.82, 2.24) is 4.57 Å². The van der Waals surface area contributed by atoms with Crippen molar-refractivity contribution in [2.75, 3.05) is 25.7 Å². The molecule has 0 bridgehead atoms. The first-order valence-electron chi connectivity index (χ1n) is 7.94. The van der Waals surface area contributed by atoms with E-state index in [2.05, 4.69) is 0 Å². The molecule has 0 saturated heterocycles. The third-order valence-corrected chi connectivity index (χ3v) is 4.32. The Morgan fingerprint density at radius 1 is 1.32 bits per heavy atom. The molecule has 2 aromatic rings. The van der Waals surface area contributed by atoms with Crippen molar-refractivity contribution in [2.24, 2.45) is 7.05 Å². The molecule has 134 valence electrons. The molecule has 0 aliphatic rings. The zero-order valence-corrected chi connectivity index (χ0v) is 15.1. The summed E-state index contributed by atoms with van der Waals surface area (Å²) in [6.07, 6.45) is 1.73. The number of anilines is 1. The number of nitro benzene ring substituents is 1. The van der Waals surface area contributed by atoms with Crippen molar-refractivity contribution in [3.8, 4) is 11.1 Å². The fourth-order valence-corrected chi connectivity index (χ4v) is 2.77. The quantitative estimate of drug-likeness (QED) is 0.594. The van der Waals surface area contributed by atoms with E-state index >= 15 is 0 Å². The molecule has 0 aliphatic carbocycles. The van der Waals surface area contributed by atoms with Gasteiger partial charge in [0.25, 0.3) is 11.2 Å². The summed E-state index contributed by atoms with van der Waals surface area (Å²) in [6, 6.07) is 6.76. The maximum atomic E-state index is 11.9. The van der Waals surface area contributed by atoms with Gasteiger partial charge >= 0.3 is 0 Å². The number of nitrogens with zero attached hydrogens (tertiary/aromatic N) is 3. The van der Waals surface area contributed by atoms with Gasteiger partial charge in [0.2, 0.25) is 0 Å². The highest BCUT2D eigenvalue weighted by atomic mass is 16.6.